The van der Waals surface area contributed by atoms with Gasteiger partial charge in [-0.25, -0.2) is 17.9 Å². The second-order valence-electron chi connectivity index (χ2n) is 12.1. The molecule has 1 aromatic carbocycles. The first-order valence-corrected chi connectivity index (χ1v) is 17.2. The van der Waals surface area contributed by atoms with Gasteiger partial charge in [0.15, 0.2) is 0 Å². The Kier molecular flexibility index (Phi) is 10.6. The molecule has 1 aliphatic carbocycles. The minimum atomic E-state index is -2.83. The highest BCUT2D eigenvalue weighted by Crippen LogP contribution is 2.49. The quantitative estimate of drug-likeness (QED) is 0.212. The molecule has 44 heavy (non-hydrogen) atoms. The highest BCUT2D eigenvalue weighted by molar-refractivity contribution is 8.22. The molecule has 14 heteroatoms. The van der Waals surface area contributed by atoms with Crippen LogP contribution in [0.15, 0.2) is 36.7 Å². The minimum Gasteiger partial charge on any atom is -0.465 e. The fourth-order valence-corrected chi connectivity index (χ4v) is 8.99. The summed E-state index contributed by atoms with van der Waals surface area (Å²) in [6.45, 7) is 1.26. The van der Waals surface area contributed by atoms with Crippen LogP contribution in [-0.2, 0) is 4.79 Å². The number of hydrogen-bond acceptors (Lipinski definition) is 7. The van der Waals surface area contributed by atoms with Gasteiger partial charge in [-0.1, -0.05) is 30.5 Å². The van der Waals surface area contributed by atoms with Crippen molar-refractivity contribution < 1.29 is 32.6 Å². The molecule has 0 radical (unpaired) electrons. The summed E-state index contributed by atoms with van der Waals surface area (Å²) in [7, 11) is -2.83. The lowest BCUT2D eigenvalue weighted by Gasteiger charge is -2.49. The van der Waals surface area contributed by atoms with E-state index in [0.717, 1.165) is 56.9 Å². The van der Waals surface area contributed by atoms with Crippen molar-refractivity contribution in [1.82, 2.24) is 25.2 Å². The first kappa shape index (κ1) is 32.8. The number of halogens is 3. The van der Waals surface area contributed by atoms with E-state index < -0.39 is 46.4 Å². The van der Waals surface area contributed by atoms with Gasteiger partial charge in [-0.3, -0.25) is 18.9 Å². The van der Waals surface area contributed by atoms with Crippen molar-refractivity contribution in [3.8, 4) is 0 Å². The summed E-state index contributed by atoms with van der Waals surface area (Å²) in [6.07, 6.45) is 7.41. The molecule has 7 atom stereocenters. The van der Waals surface area contributed by atoms with Gasteiger partial charge in [0.05, 0.1) is 17.0 Å². The molecule has 242 valence electrons. The highest BCUT2D eigenvalue weighted by atomic mass is 35.5. The maximum absolute atomic E-state index is 14.6. The Hall–Kier alpha value is -2.55. The summed E-state index contributed by atoms with van der Waals surface area (Å²) < 4.78 is 52.4. The van der Waals surface area contributed by atoms with Gasteiger partial charge in [-0.15, -0.1) is 10.8 Å². The SMILES string of the molecule is O=C(O)N[C@H](C(=O)N[C@H]1CCCC[C@@H]1CC[C@H]1CN[C@@H]2CCCS(O)(O)N1C2)[C@H](c1cncc(F)c1)c1ccc(Cl)c(F)c1. The van der Waals surface area contributed by atoms with Crippen LogP contribution in [0.2, 0.25) is 5.02 Å². The summed E-state index contributed by atoms with van der Waals surface area (Å²) in [4.78, 5) is 29.8. The molecule has 1 unspecified atom stereocenters. The van der Waals surface area contributed by atoms with Gasteiger partial charge in [0.1, 0.15) is 17.7 Å². The number of piperazine rings is 1. The molecule has 5 rings (SSSR count). The van der Waals surface area contributed by atoms with E-state index in [-0.39, 0.29) is 40.2 Å². The van der Waals surface area contributed by atoms with E-state index in [4.69, 9.17) is 11.6 Å². The Morgan fingerprint density at radius 2 is 1.89 bits per heavy atom. The van der Waals surface area contributed by atoms with E-state index in [0.29, 0.717) is 31.7 Å². The van der Waals surface area contributed by atoms with E-state index in [1.54, 1.807) is 0 Å². The van der Waals surface area contributed by atoms with Gasteiger partial charge in [-0.05, 0) is 73.8 Å². The number of rotatable bonds is 9. The predicted molar refractivity (Wildman–Crippen MR) is 165 cm³/mol. The standard InChI is InChI=1S/C30H40ClF2N5O5S/c31-24-10-8-19(13-25(24)33)27(20-12-21(32)15-34-14-20)28(37-30(40)41)29(39)36-26-6-2-1-4-18(26)7-9-23-16-35-22-5-3-11-44(42,43)38(23)17-22/h8,10,12-15,18,22-23,26-28,35,37,42-43H,1-7,9,11,16-17H2,(H,36,39)(H,40,41)/t18-,22-,23+,26+,27+,28+/m1/s1. The lowest BCUT2D eigenvalue weighted by Crippen LogP contribution is -2.56. The van der Waals surface area contributed by atoms with E-state index in [1.165, 1.54) is 18.3 Å². The second-order valence-corrected chi connectivity index (χ2v) is 14.6. The van der Waals surface area contributed by atoms with Crippen LogP contribution in [0.4, 0.5) is 13.6 Å². The number of aromatic nitrogens is 1. The molecule has 3 heterocycles. The van der Waals surface area contributed by atoms with Crippen LogP contribution in [0.3, 0.4) is 0 Å². The zero-order valence-corrected chi connectivity index (χ0v) is 25.9. The summed E-state index contributed by atoms with van der Waals surface area (Å²) in [5, 5.41) is 18.5. The lowest BCUT2D eigenvalue weighted by atomic mass is 9.80. The van der Waals surface area contributed by atoms with Crippen LogP contribution in [0, 0.1) is 17.6 Å². The van der Waals surface area contributed by atoms with Crippen molar-refractivity contribution in [2.75, 3.05) is 18.8 Å². The van der Waals surface area contributed by atoms with Crippen molar-refractivity contribution in [2.45, 2.75) is 81.5 Å². The van der Waals surface area contributed by atoms with Crippen molar-refractivity contribution in [3.05, 3.63) is 64.4 Å². The highest BCUT2D eigenvalue weighted by Gasteiger charge is 2.40. The van der Waals surface area contributed by atoms with Gasteiger partial charge in [-0.2, -0.15) is 0 Å². The molecule has 2 bridgehead atoms. The Morgan fingerprint density at radius 1 is 1.09 bits per heavy atom. The van der Waals surface area contributed by atoms with Gasteiger partial charge >= 0.3 is 6.09 Å². The molecule has 1 saturated carbocycles. The zero-order chi connectivity index (χ0) is 31.4. The van der Waals surface area contributed by atoms with Crippen LogP contribution in [0.25, 0.3) is 0 Å². The second kappa shape index (κ2) is 14.3. The number of amides is 2. The first-order chi connectivity index (χ1) is 21.0. The molecule has 2 aromatic rings. The molecule has 0 spiro atoms. The van der Waals surface area contributed by atoms with E-state index in [9.17, 15) is 32.6 Å². The number of carbonyl (C=O) groups is 2. The third kappa shape index (κ3) is 7.80. The molecular formula is C30H40ClF2N5O5S. The summed E-state index contributed by atoms with van der Waals surface area (Å²) in [6, 6.07) is 3.56. The smallest absolute Gasteiger partial charge is 0.405 e. The van der Waals surface area contributed by atoms with Crippen molar-refractivity contribution in [1.29, 1.82) is 0 Å². The van der Waals surface area contributed by atoms with Crippen LogP contribution in [0.1, 0.15) is 68.4 Å². The average Bonchev–Trinajstić information content (AvgIpc) is 3.09. The average molecular weight is 656 g/mol. The fourth-order valence-electron chi connectivity index (χ4n) is 7.01. The normalized spacial score (nSPS) is 28.6. The summed E-state index contributed by atoms with van der Waals surface area (Å²) in [5.41, 5.74) is 0.424. The van der Waals surface area contributed by atoms with Crippen LogP contribution < -0.4 is 16.0 Å². The summed E-state index contributed by atoms with van der Waals surface area (Å²) in [5.74, 6) is -2.69. The molecule has 1 aromatic heterocycles. The van der Waals surface area contributed by atoms with E-state index >= 15 is 0 Å². The predicted octanol–water partition coefficient (Wildman–Crippen LogP) is 5.34. The van der Waals surface area contributed by atoms with Gasteiger partial charge in [0.2, 0.25) is 5.91 Å². The van der Waals surface area contributed by atoms with Crippen LogP contribution in [0.5, 0.6) is 0 Å². The molecule has 2 amide bonds. The number of benzene rings is 1. The number of hydrogen-bond donors (Lipinski definition) is 6. The first-order valence-electron chi connectivity index (χ1n) is 15.1. The lowest BCUT2D eigenvalue weighted by molar-refractivity contribution is -0.124. The van der Waals surface area contributed by atoms with Crippen molar-refractivity contribution in [3.63, 3.8) is 0 Å². The van der Waals surface area contributed by atoms with Crippen molar-refractivity contribution in [2.24, 2.45) is 5.92 Å². The van der Waals surface area contributed by atoms with Crippen molar-refractivity contribution >= 4 is 34.4 Å². The van der Waals surface area contributed by atoms with Crippen LogP contribution >= 0.6 is 22.4 Å². The van der Waals surface area contributed by atoms with E-state index in [1.807, 2.05) is 4.31 Å². The van der Waals surface area contributed by atoms with Crippen LogP contribution in [-0.4, -0.2) is 78.5 Å². The molecule has 2 aliphatic heterocycles. The molecule has 10 nitrogen and oxygen atoms in total. The Morgan fingerprint density at radius 3 is 2.64 bits per heavy atom. The molecule has 2 saturated heterocycles. The largest absolute Gasteiger partial charge is 0.465 e. The number of fused-ring (bicyclic) bond motifs is 2. The third-order valence-electron chi connectivity index (χ3n) is 9.19. The fraction of sp³-hybridized carbons (Fsp3) is 0.567. The Bertz CT molecular complexity index is 1340. The number of carbonyl (C=O) groups excluding carboxylic acids is 1. The van der Waals surface area contributed by atoms with Gasteiger partial charge in [0.25, 0.3) is 0 Å². The number of carboxylic acid groups (broad SMARTS) is 1. The number of nitrogens with one attached hydrogen (secondary N) is 3. The summed E-state index contributed by atoms with van der Waals surface area (Å²) >= 11 is 5.90. The van der Waals surface area contributed by atoms with E-state index in [2.05, 4.69) is 20.9 Å². The minimum absolute atomic E-state index is 0.0429. The number of nitrogens with zero attached hydrogens (tertiary/aromatic N) is 2. The Balaban J connectivity index is 1.35. The number of pyridine rings is 1. The molecule has 3 fully saturated rings. The molecule has 6 N–H and O–H groups in total. The topological polar surface area (TPSA) is 147 Å². The zero-order valence-electron chi connectivity index (χ0n) is 24.3. The Labute approximate surface area is 262 Å². The van der Waals surface area contributed by atoms with Gasteiger partial charge < -0.3 is 21.1 Å². The maximum atomic E-state index is 14.6. The third-order valence-corrected chi connectivity index (χ3v) is 11.5. The molecule has 3 aliphatic rings. The monoisotopic (exact) mass is 655 g/mol. The maximum Gasteiger partial charge on any atom is 0.405 e. The van der Waals surface area contributed by atoms with Gasteiger partial charge in [0, 0.05) is 43.3 Å². The molecular weight excluding hydrogens is 616 g/mol.